The molecule has 0 amide bonds. The van der Waals surface area contributed by atoms with Crippen LogP contribution in [0, 0.1) is 17.3 Å². The van der Waals surface area contributed by atoms with E-state index >= 15 is 0 Å². The number of aliphatic hydroxyl groups excluding tert-OH is 1. The molecule has 2 aliphatic rings. The van der Waals surface area contributed by atoms with Gasteiger partial charge in [0.05, 0.1) is 6.10 Å². The highest BCUT2D eigenvalue weighted by Gasteiger charge is 2.33. The zero-order valence-corrected chi connectivity index (χ0v) is 11.0. The van der Waals surface area contributed by atoms with E-state index in [1.807, 2.05) is 0 Å². The molecule has 2 aliphatic carbocycles. The molecule has 2 N–H and O–H groups in total. The molecule has 2 heteroatoms. The number of nitrogens with one attached hydrogen (secondary N) is 1. The van der Waals surface area contributed by atoms with Gasteiger partial charge in [0.1, 0.15) is 0 Å². The third kappa shape index (κ3) is 3.21. The summed E-state index contributed by atoms with van der Waals surface area (Å²) < 4.78 is 0. The Balaban J connectivity index is 1.72. The molecule has 2 rings (SSSR count). The van der Waals surface area contributed by atoms with E-state index in [0.717, 1.165) is 31.2 Å². The molecule has 2 nitrogen and oxygen atoms in total. The monoisotopic (exact) mass is 225 g/mol. The van der Waals surface area contributed by atoms with Crippen LogP contribution in [0.25, 0.3) is 0 Å². The molecule has 0 aromatic rings. The fourth-order valence-corrected chi connectivity index (χ4v) is 3.70. The van der Waals surface area contributed by atoms with Crippen LogP contribution in [0.2, 0.25) is 0 Å². The van der Waals surface area contributed by atoms with Gasteiger partial charge >= 0.3 is 0 Å². The van der Waals surface area contributed by atoms with E-state index in [1.54, 1.807) is 0 Å². The molecule has 16 heavy (non-hydrogen) atoms. The van der Waals surface area contributed by atoms with Crippen molar-refractivity contribution in [2.45, 2.75) is 65.0 Å². The second kappa shape index (κ2) is 4.66. The number of hydrogen-bond acceptors (Lipinski definition) is 2. The highest BCUT2D eigenvalue weighted by molar-refractivity contribution is 4.88. The van der Waals surface area contributed by atoms with Crippen molar-refractivity contribution in [1.82, 2.24) is 5.32 Å². The predicted octanol–water partition coefficient (Wildman–Crippen LogP) is 2.56. The molecule has 0 saturated heterocycles. The zero-order valence-electron chi connectivity index (χ0n) is 11.0. The summed E-state index contributed by atoms with van der Waals surface area (Å²) in [4.78, 5) is 0. The number of rotatable bonds is 3. The van der Waals surface area contributed by atoms with Gasteiger partial charge < -0.3 is 10.4 Å². The molecule has 0 aliphatic heterocycles. The molecule has 2 saturated carbocycles. The Kier molecular flexibility index (Phi) is 3.60. The topological polar surface area (TPSA) is 32.3 Å². The van der Waals surface area contributed by atoms with E-state index in [0.29, 0.717) is 11.5 Å². The van der Waals surface area contributed by atoms with Gasteiger partial charge in [0, 0.05) is 6.04 Å². The van der Waals surface area contributed by atoms with Gasteiger partial charge in [-0.3, -0.25) is 0 Å². The lowest BCUT2D eigenvalue weighted by Gasteiger charge is -2.41. The summed E-state index contributed by atoms with van der Waals surface area (Å²) in [5, 5.41) is 13.0. The van der Waals surface area contributed by atoms with Crippen molar-refractivity contribution in [2.24, 2.45) is 17.3 Å². The Morgan fingerprint density at radius 3 is 2.44 bits per heavy atom. The molecule has 2 fully saturated rings. The lowest BCUT2D eigenvalue weighted by atomic mass is 9.70. The molecule has 0 radical (unpaired) electrons. The Bertz CT molecular complexity index is 233. The van der Waals surface area contributed by atoms with Crippen LogP contribution in [0.4, 0.5) is 0 Å². The van der Waals surface area contributed by atoms with Gasteiger partial charge in [-0.15, -0.1) is 0 Å². The number of hydrogen-bond donors (Lipinski definition) is 2. The lowest BCUT2D eigenvalue weighted by molar-refractivity contribution is 0.0386. The van der Waals surface area contributed by atoms with Crippen LogP contribution in [0.3, 0.4) is 0 Å². The summed E-state index contributed by atoms with van der Waals surface area (Å²) in [6, 6.07) is 0.705. The van der Waals surface area contributed by atoms with Crippen LogP contribution < -0.4 is 5.32 Å². The summed E-state index contributed by atoms with van der Waals surface area (Å²) in [7, 11) is 0. The van der Waals surface area contributed by atoms with Crippen molar-refractivity contribution in [3.63, 3.8) is 0 Å². The first-order valence-electron chi connectivity index (χ1n) is 6.86. The SMILES string of the molecule is CC1CC(NCC2CC(O)C2)CC(C)(C)C1. The standard InChI is InChI=1S/C14H27NO/c1-10-4-12(8-14(2,3)7-10)15-9-11-5-13(16)6-11/h10-13,15-16H,4-9H2,1-3H3. The first kappa shape index (κ1) is 12.4. The van der Waals surface area contributed by atoms with Crippen molar-refractivity contribution >= 4 is 0 Å². The van der Waals surface area contributed by atoms with Gasteiger partial charge in [0.2, 0.25) is 0 Å². The molecule has 2 atom stereocenters. The smallest absolute Gasteiger partial charge is 0.0546 e. The number of aliphatic hydroxyl groups is 1. The Morgan fingerprint density at radius 1 is 1.19 bits per heavy atom. The average Bonchev–Trinajstić information content (AvgIpc) is 2.07. The van der Waals surface area contributed by atoms with Gasteiger partial charge in [0.15, 0.2) is 0 Å². The first-order chi connectivity index (χ1) is 7.44. The maximum atomic E-state index is 9.25. The maximum Gasteiger partial charge on any atom is 0.0546 e. The molecule has 0 aromatic carbocycles. The molecule has 0 heterocycles. The summed E-state index contributed by atoms with van der Waals surface area (Å²) in [5.41, 5.74) is 0.508. The third-order valence-corrected chi connectivity index (χ3v) is 4.29. The van der Waals surface area contributed by atoms with Crippen LogP contribution in [0.15, 0.2) is 0 Å². The average molecular weight is 225 g/mol. The highest BCUT2D eigenvalue weighted by atomic mass is 16.3. The minimum atomic E-state index is -0.00600. The summed E-state index contributed by atoms with van der Waals surface area (Å²) in [5.74, 6) is 1.59. The summed E-state index contributed by atoms with van der Waals surface area (Å²) >= 11 is 0. The van der Waals surface area contributed by atoms with Crippen LogP contribution in [-0.2, 0) is 0 Å². The van der Waals surface area contributed by atoms with E-state index in [2.05, 4.69) is 26.1 Å². The lowest BCUT2D eigenvalue weighted by Crippen LogP contribution is -2.44. The normalized spacial score (nSPS) is 42.8. The van der Waals surface area contributed by atoms with E-state index in [1.165, 1.54) is 19.3 Å². The fraction of sp³-hybridized carbons (Fsp3) is 1.00. The van der Waals surface area contributed by atoms with Gasteiger partial charge in [-0.25, -0.2) is 0 Å². The minimum Gasteiger partial charge on any atom is -0.393 e. The van der Waals surface area contributed by atoms with Crippen molar-refractivity contribution in [2.75, 3.05) is 6.54 Å². The minimum absolute atomic E-state index is 0.00600. The molecule has 0 spiro atoms. The van der Waals surface area contributed by atoms with Crippen molar-refractivity contribution in [3.8, 4) is 0 Å². The van der Waals surface area contributed by atoms with E-state index in [9.17, 15) is 5.11 Å². The van der Waals surface area contributed by atoms with Crippen LogP contribution in [-0.4, -0.2) is 23.8 Å². The predicted molar refractivity (Wildman–Crippen MR) is 67.3 cm³/mol. The largest absolute Gasteiger partial charge is 0.393 e. The second-order valence-electron chi connectivity index (χ2n) is 7.01. The van der Waals surface area contributed by atoms with E-state index in [-0.39, 0.29) is 6.10 Å². The third-order valence-electron chi connectivity index (χ3n) is 4.29. The summed E-state index contributed by atoms with van der Waals surface area (Å²) in [6.45, 7) is 8.28. The van der Waals surface area contributed by atoms with Gasteiger partial charge in [-0.1, -0.05) is 20.8 Å². The van der Waals surface area contributed by atoms with Crippen molar-refractivity contribution in [1.29, 1.82) is 0 Å². The Morgan fingerprint density at radius 2 is 1.88 bits per heavy atom. The quantitative estimate of drug-likeness (QED) is 0.773. The van der Waals surface area contributed by atoms with Crippen molar-refractivity contribution in [3.05, 3.63) is 0 Å². The van der Waals surface area contributed by atoms with Crippen LogP contribution >= 0.6 is 0 Å². The molecular weight excluding hydrogens is 198 g/mol. The van der Waals surface area contributed by atoms with Crippen LogP contribution in [0.1, 0.15) is 52.9 Å². The summed E-state index contributed by atoms with van der Waals surface area (Å²) in [6.07, 6.45) is 6.03. The fourth-order valence-electron chi connectivity index (χ4n) is 3.70. The van der Waals surface area contributed by atoms with Gasteiger partial charge in [0.25, 0.3) is 0 Å². The van der Waals surface area contributed by atoms with Crippen molar-refractivity contribution < 1.29 is 5.11 Å². The Labute approximate surface area is 99.8 Å². The molecule has 0 bridgehead atoms. The van der Waals surface area contributed by atoms with Crippen LogP contribution in [0.5, 0.6) is 0 Å². The zero-order chi connectivity index (χ0) is 11.8. The molecule has 94 valence electrons. The van der Waals surface area contributed by atoms with Gasteiger partial charge in [-0.05, 0) is 55.9 Å². The first-order valence-corrected chi connectivity index (χ1v) is 6.86. The Hall–Kier alpha value is -0.0800. The molecule has 0 aromatic heterocycles. The highest BCUT2D eigenvalue weighted by Crippen LogP contribution is 2.38. The van der Waals surface area contributed by atoms with Gasteiger partial charge in [-0.2, -0.15) is 0 Å². The second-order valence-corrected chi connectivity index (χ2v) is 7.01. The molecule has 2 unspecified atom stereocenters. The maximum absolute atomic E-state index is 9.25. The molecular formula is C14H27NO. The van der Waals surface area contributed by atoms with E-state index in [4.69, 9.17) is 0 Å². The van der Waals surface area contributed by atoms with E-state index < -0.39 is 0 Å².